The van der Waals surface area contributed by atoms with Gasteiger partial charge in [0.05, 0.1) is 33.5 Å². The monoisotopic (exact) mass is 765 g/mol. The van der Waals surface area contributed by atoms with E-state index in [1.807, 2.05) is 24.3 Å². The molecule has 0 atom stereocenters. The minimum Gasteiger partial charge on any atom is -0.309 e. The van der Waals surface area contributed by atoms with Gasteiger partial charge in [0.1, 0.15) is 0 Å². The van der Waals surface area contributed by atoms with Crippen molar-refractivity contribution in [3.05, 3.63) is 224 Å². The molecule has 0 radical (unpaired) electrons. The molecule has 282 valence electrons. The van der Waals surface area contributed by atoms with E-state index in [1.165, 1.54) is 60.8 Å². The third-order valence-electron chi connectivity index (χ3n) is 11.7. The standard InChI is InChI=1S/C57H39N3/c1-38-22-24-41(25-23-38)56-57(59-53-21-9-8-20-52(53)58-56)42-26-30-49(31-27-42)60-54-32-28-47(45-18-10-16-43(34-45)39-12-4-2-5-13-39)36-50(54)51-37-48(29-33-55(51)60)46-19-11-17-44(35-46)40-14-6-3-7-15-40/h2-37H,1H3. The van der Waals surface area contributed by atoms with E-state index >= 15 is 0 Å². The summed E-state index contributed by atoms with van der Waals surface area (Å²) in [5.41, 5.74) is 19.8. The number of aryl methyl sites for hydroxylation is 1. The fourth-order valence-electron chi connectivity index (χ4n) is 8.56. The van der Waals surface area contributed by atoms with Gasteiger partial charge in [0.25, 0.3) is 0 Å². The Morgan fingerprint density at radius 1 is 0.300 bits per heavy atom. The zero-order chi connectivity index (χ0) is 40.0. The molecule has 0 amide bonds. The van der Waals surface area contributed by atoms with Crippen LogP contribution >= 0.6 is 0 Å². The zero-order valence-electron chi connectivity index (χ0n) is 33.1. The predicted molar refractivity (Wildman–Crippen MR) is 251 cm³/mol. The summed E-state index contributed by atoms with van der Waals surface area (Å²) in [4.78, 5) is 10.3. The van der Waals surface area contributed by atoms with Crippen molar-refractivity contribution in [2.24, 2.45) is 0 Å². The molecule has 0 aliphatic rings. The van der Waals surface area contributed by atoms with E-state index in [1.54, 1.807) is 0 Å². The lowest BCUT2D eigenvalue weighted by Crippen LogP contribution is -1.97. The summed E-state index contributed by atoms with van der Waals surface area (Å²) in [5, 5.41) is 2.42. The maximum Gasteiger partial charge on any atom is 0.0973 e. The van der Waals surface area contributed by atoms with Gasteiger partial charge in [0.2, 0.25) is 0 Å². The molecule has 2 heterocycles. The highest BCUT2D eigenvalue weighted by molar-refractivity contribution is 6.12. The van der Waals surface area contributed by atoms with Crippen LogP contribution in [0.4, 0.5) is 0 Å². The van der Waals surface area contributed by atoms with Crippen molar-refractivity contribution in [1.29, 1.82) is 0 Å². The molecule has 0 saturated carbocycles. The van der Waals surface area contributed by atoms with Crippen LogP contribution in [-0.2, 0) is 0 Å². The highest BCUT2D eigenvalue weighted by Crippen LogP contribution is 2.39. The number of para-hydroxylation sites is 2. The van der Waals surface area contributed by atoms with Crippen LogP contribution < -0.4 is 0 Å². The molecule has 0 saturated heterocycles. The minimum atomic E-state index is 0.871. The summed E-state index contributed by atoms with van der Waals surface area (Å²) in [5.74, 6) is 0. The number of hydrogen-bond donors (Lipinski definition) is 0. The normalized spacial score (nSPS) is 11.4. The minimum absolute atomic E-state index is 0.871. The van der Waals surface area contributed by atoms with E-state index in [-0.39, 0.29) is 0 Å². The Kier molecular flexibility index (Phi) is 8.71. The zero-order valence-corrected chi connectivity index (χ0v) is 33.1. The lowest BCUT2D eigenvalue weighted by Gasteiger charge is -2.13. The van der Waals surface area contributed by atoms with Crippen LogP contribution in [0.1, 0.15) is 5.56 Å². The second-order valence-corrected chi connectivity index (χ2v) is 15.5. The topological polar surface area (TPSA) is 30.7 Å². The molecule has 2 aromatic heterocycles. The van der Waals surface area contributed by atoms with Gasteiger partial charge in [-0.3, -0.25) is 0 Å². The average molecular weight is 766 g/mol. The van der Waals surface area contributed by atoms with Crippen LogP contribution in [0, 0.1) is 6.92 Å². The van der Waals surface area contributed by atoms with E-state index in [4.69, 9.17) is 9.97 Å². The smallest absolute Gasteiger partial charge is 0.0973 e. The van der Waals surface area contributed by atoms with Gasteiger partial charge in [0, 0.05) is 27.6 Å². The molecule has 0 unspecified atom stereocenters. The van der Waals surface area contributed by atoms with Gasteiger partial charge < -0.3 is 4.57 Å². The Morgan fingerprint density at radius 2 is 0.667 bits per heavy atom. The van der Waals surface area contributed by atoms with Crippen LogP contribution in [0.2, 0.25) is 0 Å². The van der Waals surface area contributed by atoms with Crippen molar-refractivity contribution in [2.45, 2.75) is 6.92 Å². The van der Waals surface area contributed by atoms with Crippen molar-refractivity contribution in [1.82, 2.24) is 14.5 Å². The molecule has 0 N–H and O–H groups in total. The second kappa shape index (κ2) is 14.8. The molecule has 0 aliphatic heterocycles. The molecule has 3 nitrogen and oxygen atoms in total. The quantitative estimate of drug-likeness (QED) is 0.162. The van der Waals surface area contributed by atoms with Gasteiger partial charge >= 0.3 is 0 Å². The highest BCUT2D eigenvalue weighted by Gasteiger charge is 2.18. The molecule has 3 heteroatoms. The third-order valence-corrected chi connectivity index (χ3v) is 11.7. The molecule has 11 aromatic rings. The number of fused-ring (bicyclic) bond motifs is 4. The molecule has 0 bridgehead atoms. The Balaban J connectivity index is 1.06. The summed E-state index contributed by atoms with van der Waals surface area (Å²) in [6.07, 6.45) is 0. The van der Waals surface area contributed by atoms with Crippen LogP contribution in [0.5, 0.6) is 0 Å². The third kappa shape index (κ3) is 6.43. The van der Waals surface area contributed by atoms with Gasteiger partial charge in [-0.1, -0.05) is 163 Å². The average Bonchev–Trinajstić information content (AvgIpc) is 3.65. The Hall–Kier alpha value is -7.88. The summed E-state index contributed by atoms with van der Waals surface area (Å²) in [6.45, 7) is 2.11. The molecule has 60 heavy (non-hydrogen) atoms. The summed E-state index contributed by atoms with van der Waals surface area (Å²) < 4.78 is 2.40. The Morgan fingerprint density at radius 3 is 1.13 bits per heavy atom. The molecular weight excluding hydrogens is 727 g/mol. The van der Waals surface area contributed by atoms with E-state index in [0.29, 0.717) is 0 Å². The predicted octanol–water partition coefficient (Wildman–Crippen LogP) is 15.0. The van der Waals surface area contributed by atoms with E-state index < -0.39 is 0 Å². The van der Waals surface area contributed by atoms with Gasteiger partial charge in [-0.25, -0.2) is 9.97 Å². The number of aromatic nitrogens is 3. The van der Waals surface area contributed by atoms with Gasteiger partial charge in [-0.15, -0.1) is 0 Å². The first-order valence-corrected chi connectivity index (χ1v) is 20.5. The molecule has 0 aliphatic carbocycles. The largest absolute Gasteiger partial charge is 0.309 e. The van der Waals surface area contributed by atoms with Crippen molar-refractivity contribution in [3.63, 3.8) is 0 Å². The molecule has 9 aromatic carbocycles. The number of benzene rings is 9. The van der Waals surface area contributed by atoms with E-state index in [9.17, 15) is 0 Å². The number of hydrogen-bond acceptors (Lipinski definition) is 2. The van der Waals surface area contributed by atoms with Crippen molar-refractivity contribution < 1.29 is 0 Å². The van der Waals surface area contributed by atoms with Gasteiger partial charge in [0.15, 0.2) is 0 Å². The first-order valence-electron chi connectivity index (χ1n) is 20.5. The van der Waals surface area contributed by atoms with Crippen LogP contribution in [-0.4, -0.2) is 14.5 Å². The van der Waals surface area contributed by atoms with E-state index in [0.717, 1.165) is 50.3 Å². The first-order chi connectivity index (χ1) is 29.6. The Bertz CT molecular complexity index is 3210. The van der Waals surface area contributed by atoms with Crippen LogP contribution in [0.15, 0.2) is 218 Å². The number of nitrogens with zero attached hydrogens (tertiary/aromatic N) is 3. The Labute approximate surface area is 349 Å². The van der Waals surface area contributed by atoms with Crippen LogP contribution in [0.3, 0.4) is 0 Å². The van der Waals surface area contributed by atoms with Crippen molar-refractivity contribution in [3.8, 4) is 72.7 Å². The molecule has 0 spiro atoms. The maximum atomic E-state index is 5.20. The lowest BCUT2D eigenvalue weighted by atomic mass is 9.96. The molecular formula is C57H39N3. The molecule has 0 fully saturated rings. The van der Waals surface area contributed by atoms with Gasteiger partial charge in [-0.05, 0) is 112 Å². The second-order valence-electron chi connectivity index (χ2n) is 15.5. The van der Waals surface area contributed by atoms with Crippen molar-refractivity contribution in [2.75, 3.05) is 0 Å². The van der Waals surface area contributed by atoms with Crippen LogP contribution in [0.25, 0.3) is 106 Å². The first kappa shape index (κ1) is 35.3. The fourth-order valence-corrected chi connectivity index (χ4v) is 8.56. The highest BCUT2D eigenvalue weighted by atomic mass is 15.0. The van der Waals surface area contributed by atoms with Gasteiger partial charge in [-0.2, -0.15) is 0 Å². The fraction of sp³-hybridized carbons (Fsp3) is 0.0175. The SMILES string of the molecule is Cc1ccc(-c2nc3ccccc3nc2-c2ccc(-n3c4ccc(-c5cccc(-c6ccccc6)c5)cc4c4cc(-c5cccc(-c6ccccc6)c5)ccc43)cc2)cc1. The summed E-state index contributed by atoms with van der Waals surface area (Å²) in [7, 11) is 0. The number of rotatable bonds is 7. The molecule has 11 rings (SSSR count). The summed E-state index contributed by atoms with van der Waals surface area (Å²) >= 11 is 0. The summed E-state index contributed by atoms with van der Waals surface area (Å²) in [6, 6.07) is 78.3. The lowest BCUT2D eigenvalue weighted by molar-refractivity contribution is 1.18. The van der Waals surface area contributed by atoms with E-state index in [2.05, 4.69) is 206 Å². The maximum absolute atomic E-state index is 5.20. The van der Waals surface area contributed by atoms with Crippen molar-refractivity contribution >= 4 is 32.8 Å².